The lowest BCUT2D eigenvalue weighted by molar-refractivity contribution is -0.166. The largest absolute Gasteiger partial charge is 0.462 e. The van der Waals surface area contributed by atoms with E-state index in [1.165, 1.54) is 128 Å². The van der Waals surface area contributed by atoms with Gasteiger partial charge in [-0.05, 0) is 103 Å². The number of hydrogen-bond acceptors (Lipinski definition) is 6. The summed E-state index contributed by atoms with van der Waals surface area (Å²) >= 11 is 0. The summed E-state index contributed by atoms with van der Waals surface area (Å²) < 4.78 is 16.7. The zero-order chi connectivity index (χ0) is 56.4. The van der Waals surface area contributed by atoms with Crippen LogP contribution in [0.3, 0.4) is 0 Å². The third-order valence-corrected chi connectivity index (χ3v) is 13.4. The monoisotopic (exact) mass is 1080 g/mol. The molecule has 442 valence electrons. The normalized spacial score (nSPS) is 13.0. The zero-order valence-electron chi connectivity index (χ0n) is 50.6. The lowest BCUT2D eigenvalue weighted by Gasteiger charge is -2.18. The number of carbonyl (C=O) groups excluding carboxylic acids is 3. The van der Waals surface area contributed by atoms with Gasteiger partial charge in [-0.2, -0.15) is 0 Å². The zero-order valence-corrected chi connectivity index (χ0v) is 50.6. The molecule has 0 aromatic heterocycles. The highest BCUT2D eigenvalue weighted by atomic mass is 16.6. The standard InChI is InChI=1S/C72H118O6/c1-4-7-10-13-16-18-20-22-24-26-28-29-30-31-32-33-34-35-36-37-38-39-40-41-42-43-45-46-48-50-52-54-56-59-62-65-71(74)77-68-69(67-76-70(73)64-61-58-15-12-9-6-3)78-72(75)66-63-60-57-55-53-51-49-47-44-27-25-23-21-19-17-14-11-8-5-2/h7-8,10-11,16-19,22-25,28-29,31-32,44,47,51,53,57,60,69H,4-6,9,12-15,20-21,26-27,30,33-43,45-46,48-50,52,54-56,58-59,61-68H2,1-3H3/b10-7-,11-8-,18-16-,19-17-,24-22-,25-23-,29-28-,32-31-,47-44-,53-51-,60-57-. The highest BCUT2D eigenvalue weighted by Crippen LogP contribution is 2.16. The Morgan fingerprint density at radius 3 is 0.833 bits per heavy atom. The predicted octanol–water partition coefficient (Wildman–Crippen LogP) is 22.2. The first kappa shape index (κ1) is 73.5. The van der Waals surface area contributed by atoms with E-state index in [0.717, 1.165) is 109 Å². The summed E-state index contributed by atoms with van der Waals surface area (Å²) in [6.07, 6.45) is 92.4. The Balaban J connectivity index is 4.05. The molecular formula is C72H118O6. The summed E-state index contributed by atoms with van der Waals surface area (Å²) in [6, 6.07) is 0. The van der Waals surface area contributed by atoms with Gasteiger partial charge in [0.05, 0.1) is 0 Å². The first-order valence-electron chi connectivity index (χ1n) is 32.2. The van der Waals surface area contributed by atoms with Gasteiger partial charge in [-0.15, -0.1) is 0 Å². The Kier molecular flexibility index (Phi) is 61.4. The van der Waals surface area contributed by atoms with E-state index in [-0.39, 0.29) is 31.6 Å². The van der Waals surface area contributed by atoms with E-state index in [2.05, 4.69) is 142 Å². The minimum absolute atomic E-state index is 0.108. The average molecular weight is 1080 g/mol. The lowest BCUT2D eigenvalue weighted by atomic mass is 10.0. The molecule has 78 heavy (non-hydrogen) atoms. The van der Waals surface area contributed by atoms with Crippen molar-refractivity contribution in [1.29, 1.82) is 0 Å². The molecule has 0 amide bonds. The minimum Gasteiger partial charge on any atom is -0.462 e. The van der Waals surface area contributed by atoms with Crippen LogP contribution in [0, 0.1) is 0 Å². The fourth-order valence-electron chi connectivity index (χ4n) is 8.67. The number of hydrogen-bond donors (Lipinski definition) is 0. The number of allylic oxidation sites excluding steroid dienone is 22. The maximum Gasteiger partial charge on any atom is 0.306 e. The molecule has 6 heteroatoms. The van der Waals surface area contributed by atoms with E-state index in [1.54, 1.807) is 0 Å². The van der Waals surface area contributed by atoms with Crippen molar-refractivity contribution in [3.8, 4) is 0 Å². The maximum absolute atomic E-state index is 12.8. The van der Waals surface area contributed by atoms with Crippen molar-refractivity contribution in [3.05, 3.63) is 134 Å². The fourth-order valence-corrected chi connectivity index (χ4v) is 8.67. The molecule has 1 unspecified atom stereocenters. The van der Waals surface area contributed by atoms with E-state index >= 15 is 0 Å². The van der Waals surface area contributed by atoms with Gasteiger partial charge in [0.25, 0.3) is 0 Å². The molecule has 0 spiro atoms. The van der Waals surface area contributed by atoms with Gasteiger partial charge in [0.1, 0.15) is 13.2 Å². The summed E-state index contributed by atoms with van der Waals surface area (Å²) in [7, 11) is 0. The Morgan fingerprint density at radius 2 is 0.526 bits per heavy atom. The van der Waals surface area contributed by atoms with Crippen LogP contribution in [0.2, 0.25) is 0 Å². The maximum atomic E-state index is 12.8. The van der Waals surface area contributed by atoms with Gasteiger partial charge < -0.3 is 14.2 Å². The summed E-state index contributed by atoms with van der Waals surface area (Å²) in [5.41, 5.74) is 0. The molecule has 0 aromatic carbocycles. The molecule has 0 fully saturated rings. The fraction of sp³-hybridized carbons (Fsp3) is 0.653. The first-order chi connectivity index (χ1) is 38.5. The molecule has 0 radical (unpaired) electrons. The number of rotatable bonds is 57. The Hall–Kier alpha value is -4.45. The van der Waals surface area contributed by atoms with E-state index in [0.29, 0.717) is 19.3 Å². The molecular weight excluding hydrogens is 961 g/mol. The van der Waals surface area contributed by atoms with Crippen molar-refractivity contribution in [1.82, 2.24) is 0 Å². The molecule has 0 heterocycles. The van der Waals surface area contributed by atoms with Crippen LogP contribution >= 0.6 is 0 Å². The van der Waals surface area contributed by atoms with Crippen LogP contribution in [0.15, 0.2) is 134 Å². The third kappa shape index (κ3) is 62.4. The highest BCUT2D eigenvalue weighted by molar-refractivity contribution is 5.71. The highest BCUT2D eigenvalue weighted by Gasteiger charge is 2.19. The summed E-state index contributed by atoms with van der Waals surface area (Å²) in [4.78, 5) is 37.9. The van der Waals surface area contributed by atoms with E-state index in [4.69, 9.17) is 14.2 Å². The van der Waals surface area contributed by atoms with Crippen LogP contribution < -0.4 is 0 Å². The molecule has 0 aliphatic heterocycles. The second-order valence-electron chi connectivity index (χ2n) is 20.9. The van der Waals surface area contributed by atoms with Crippen molar-refractivity contribution in [2.75, 3.05) is 13.2 Å². The molecule has 6 nitrogen and oxygen atoms in total. The van der Waals surface area contributed by atoms with Crippen molar-refractivity contribution >= 4 is 17.9 Å². The van der Waals surface area contributed by atoms with Gasteiger partial charge >= 0.3 is 17.9 Å². The molecule has 0 bridgehead atoms. The number of esters is 3. The van der Waals surface area contributed by atoms with Crippen LogP contribution in [0.4, 0.5) is 0 Å². The topological polar surface area (TPSA) is 78.9 Å². The van der Waals surface area contributed by atoms with Gasteiger partial charge in [-0.1, -0.05) is 296 Å². The molecule has 0 saturated heterocycles. The van der Waals surface area contributed by atoms with Gasteiger partial charge in [0.15, 0.2) is 6.10 Å². The number of unbranched alkanes of at least 4 members (excludes halogenated alkanes) is 24. The van der Waals surface area contributed by atoms with E-state index in [1.807, 2.05) is 12.2 Å². The van der Waals surface area contributed by atoms with Gasteiger partial charge in [-0.3, -0.25) is 14.4 Å². The van der Waals surface area contributed by atoms with Crippen molar-refractivity contribution in [2.45, 2.75) is 290 Å². The lowest BCUT2D eigenvalue weighted by Crippen LogP contribution is -2.30. The van der Waals surface area contributed by atoms with Crippen LogP contribution in [-0.4, -0.2) is 37.2 Å². The SMILES string of the molecule is CC/C=C\C/C=C\C/C=C\C/C=C\C/C=C\C/C=C\CCC(=O)OC(COC(=O)CCCCCCCC)COC(=O)CCCCCCCCCCCCCCCCCCCCC/C=C\C/C=C\C/C=C\C/C=C\C/C=C\CC. The molecule has 0 aromatic rings. The molecule has 0 rings (SSSR count). The third-order valence-electron chi connectivity index (χ3n) is 13.4. The molecule has 0 aliphatic carbocycles. The van der Waals surface area contributed by atoms with E-state index in [9.17, 15) is 14.4 Å². The van der Waals surface area contributed by atoms with Crippen LogP contribution in [0.25, 0.3) is 0 Å². The second kappa shape index (κ2) is 65.1. The van der Waals surface area contributed by atoms with Gasteiger partial charge in [0.2, 0.25) is 0 Å². The summed E-state index contributed by atoms with van der Waals surface area (Å²) in [6.45, 7) is 6.29. The predicted molar refractivity (Wildman–Crippen MR) is 339 cm³/mol. The Morgan fingerprint density at radius 1 is 0.269 bits per heavy atom. The number of ether oxygens (including phenoxy) is 3. The van der Waals surface area contributed by atoms with Crippen molar-refractivity contribution < 1.29 is 28.6 Å². The molecule has 0 saturated carbocycles. The quantitative estimate of drug-likeness (QED) is 0.0261. The molecule has 0 N–H and O–H groups in total. The van der Waals surface area contributed by atoms with Gasteiger partial charge in [0, 0.05) is 19.3 Å². The smallest absolute Gasteiger partial charge is 0.306 e. The van der Waals surface area contributed by atoms with Crippen molar-refractivity contribution in [3.63, 3.8) is 0 Å². The number of carbonyl (C=O) groups is 3. The van der Waals surface area contributed by atoms with Crippen LogP contribution in [0.5, 0.6) is 0 Å². The first-order valence-corrected chi connectivity index (χ1v) is 32.2. The summed E-state index contributed by atoms with van der Waals surface area (Å²) in [5, 5.41) is 0. The van der Waals surface area contributed by atoms with Gasteiger partial charge in [-0.25, -0.2) is 0 Å². The van der Waals surface area contributed by atoms with Crippen molar-refractivity contribution in [2.24, 2.45) is 0 Å². The second-order valence-corrected chi connectivity index (χ2v) is 20.9. The molecule has 0 aliphatic rings. The Labute approximate surface area is 481 Å². The van der Waals surface area contributed by atoms with E-state index < -0.39 is 12.1 Å². The average Bonchev–Trinajstić information content (AvgIpc) is 3.44. The van der Waals surface area contributed by atoms with Crippen LogP contribution in [-0.2, 0) is 28.6 Å². The Bertz CT molecular complexity index is 1670. The summed E-state index contributed by atoms with van der Waals surface area (Å²) in [5.74, 6) is -1.00. The molecule has 1 atom stereocenters. The van der Waals surface area contributed by atoms with Crippen LogP contribution in [0.1, 0.15) is 284 Å². The minimum atomic E-state index is -0.817.